The normalized spacial score (nSPS) is 30.5. The van der Waals surface area contributed by atoms with Gasteiger partial charge in [0, 0.05) is 18.8 Å². The standard InChI is InChI=1S/C19H32O2.C17H26O8S.C16H26O3.C14H26O2.C10H16O4.10CH4/c1-6-18(4,5)17(20)21-19(12(2)3)15-8-13-7-14(10-15)11-16(19)9-13;1-4-17(2,3)16(19)23-6-5-22-13(18)9-24-14-10-7-11-12(8-10)26(20,21)25-15(11)14;1-4-14(2,3)13(17)19-16-8-11-5-12(9-16)7-15(18,6-11)10-16;1-5-13(3,4)12(15)16-14(6-2)10-8-7-9-11-14;1-4-10(2,3)9(12)14-7-5-6-13-8(7)11;;;;;;;;;;/h12-16H,6-11H2,1-5H3;10-12,14-15H,4-9H2,1-3H3;11-12,18H,4-10H2,1-3H3;5-11H2,1-4H3;7H,4-6H2,1-3H3;10*1H4. The van der Waals surface area contributed by atoms with E-state index in [1.165, 1.54) is 57.8 Å². The molecule has 0 aromatic heterocycles. The second kappa shape index (κ2) is 42.7. The molecule has 8 atom stereocenters. The minimum absolute atomic E-state index is 0. The van der Waals surface area contributed by atoms with E-state index < -0.39 is 61.4 Å². The zero-order chi connectivity index (χ0) is 71.4. The van der Waals surface area contributed by atoms with Gasteiger partial charge in [0.05, 0.1) is 50.6 Å². The van der Waals surface area contributed by atoms with Crippen LogP contribution in [0.3, 0.4) is 0 Å². The summed E-state index contributed by atoms with van der Waals surface area (Å²) in [5, 5.41) is 10.2. The third kappa shape index (κ3) is 25.1. The maximum atomic E-state index is 12.8. The highest BCUT2D eigenvalue weighted by atomic mass is 32.2. The molecule has 1 N–H and O–H groups in total. The van der Waals surface area contributed by atoms with Crippen molar-refractivity contribution in [1.82, 2.24) is 0 Å². The van der Waals surface area contributed by atoms with Gasteiger partial charge in [0.15, 0.2) is 0 Å². The van der Waals surface area contributed by atoms with Crippen molar-refractivity contribution >= 4 is 51.9 Å². The van der Waals surface area contributed by atoms with Gasteiger partial charge in [-0.15, -0.1) is 0 Å². The van der Waals surface area contributed by atoms with Gasteiger partial charge in [-0.1, -0.05) is 136 Å². The Morgan fingerprint density at radius 2 is 0.972 bits per heavy atom. The number of hydrogen-bond acceptors (Lipinski definition) is 19. The zero-order valence-corrected chi connectivity index (χ0v) is 63.0. The Balaban J connectivity index is -0.000000608. The fourth-order valence-electron chi connectivity index (χ4n) is 17.5. The largest absolute Gasteiger partial charge is 0.463 e. The van der Waals surface area contributed by atoms with Crippen LogP contribution in [0, 0.1) is 80.3 Å². The lowest BCUT2D eigenvalue weighted by Crippen LogP contribution is -2.63. The van der Waals surface area contributed by atoms with Crippen molar-refractivity contribution in [3.05, 3.63) is 0 Å². The van der Waals surface area contributed by atoms with Crippen molar-refractivity contribution < 1.29 is 89.2 Å². The van der Waals surface area contributed by atoms with Crippen LogP contribution >= 0.6 is 0 Å². The van der Waals surface area contributed by atoms with Crippen molar-refractivity contribution in [2.75, 3.05) is 26.4 Å². The maximum Gasteiger partial charge on any atom is 0.347 e. The highest BCUT2D eigenvalue weighted by molar-refractivity contribution is 7.87. The summed E-state index contributed by atoms with van der Waals surface area (Å²) in [5.41, 5.74) is -3.42. The highest BCUT2D eigenvalue weighted by Gasteiger charge is 2.65. The summed E-state index contributed by atoms with van der Waals surface area (Å²) in [4.78, 5) is 83.4. The molecule has 20 heteroatoms. The molecule has 10 bridgehead atoms. The first-order valence-corrected chi connectivity index (χ1v) is 38.8. The summed E-state index contributed by atoms with van der Waals surface area (Å²) < 4.78 is 72.6. The maximum absolute atomic E-state index is 12.8. The molecule has 19 nitrogen and oxygen atoms in total. The van der Waals surface area contributed by atoms with E-state index in [1.807, 2.05) is 69.2 Å². The van der Waals surface area contributed by atoms with E-state index in [-0.39, 0.29) is 170 Å². The van der Waals surface area contributed by atoms with Crippen LogP contribution in [0.25, 0.3) is 0 Å². The number of hydrogen-bond donors (Lipinski definition) is 1. The minimum atomic E-state index is -3.49. The zero-order valence-electron chi connectivity index (χ0n) is 62.2. The van der Waals surface area contributed by atoms with Gasteiger partial charge >= 0.3 is 41.8 Å². The number of aliphatic hydroxyl groups is 1. The lowest BCUT2D eigenvalue weighted by Gasteiger charge is -2.62. The highest BCUT2D eigenvalue weighted by Crippen LogP contribution is 2.63. The molecule has 11 aliphatic carbocycles. The first-order valence-electron chi connectivity index (χ1n) is 37.3. The van der Waals surface area contributed by atoms with Crippen molar-refractivity contribution in [2.24, 2.45) is 80.3 Å². The SMILES string of the molecule is C.C.C.C.C.C.C.C.C.C.CCC(C)(C)C(=O)OC1(C(C)C)C2CC3CC(C2)CC1C3.CCC(C)(C)C(=O)OC12CC3CC(CC(O)(C3)C1)C2.CCC(C)(C)C(=O)OC1CCOC1=O.CCC(C)(C)C(=O)OCCOC(=O)COC1C2CC3C1OS(=O)(=O)C3C2.CCC1(OC(=O)C(C)(C)CC)CCCCC1. The fourth-order valence-corrected chi connectivity index (χ4v) is 19.4. The topological polar surface area (TPSA) is 257 Å². The van der Waals surface area contributed by atoms with Crippen LogP contribution in [0.1, 0.15) is 359 Å². The average Bonchev–Trinajstić information content (AvgIpc) is 1.10. The summed E-state index contributed by atoms with van der Waals surface area (Å²) in [6.45, 7) is 35.8. The smallest absolute Gasteiger partial charge is 0.347 e. The monoisotopic (exact) mass is 1540 g/mol. The Hall–Kier alpha value is -3.88. The molecule has 0 amide bonds. The molecular weight excluding hydrogens is 1370 g/mol. The van der Waals surface area contributed by atoms with Crippen LogP contribution in [-0.2, 0) is 85.8 Å². The summed E-state index contributed by atoms with van der Waals surface area (Å²) in [5.74, 6) is 2.98. The van der Waals surface area contributed by atoms with Crippen molar-refractivity contribution in [3.8, 4) is 0 Å². The minimum Gasteiger partial charge on any atom is -0.463 e. The molecule has 630 valence electrons. The average molecular weight is 1540 g/mol. The first kappa shape index (κ1) is 108. The Labute approximate surface area is 650 Å². The van der Waals surface area contributed by atoms with Gasteiger partial charge in [-0.05, 0) is 258 Å². The third-order valence-electron chi connectivity index (χ3n) is 25.3. The Morgan fingerprint density at radius 1 is 0.538 bits per heavy atom. The van der Waals surface area contributed by atoms with E-state index >= 15 is 0 Å². The van der Waals surface area contributed by atoms with Crippen LogP contribution in [0.4, 0.5) is 0 Å². The third-order valence-corrected chi connectivity index (χ3v) is 27.1. The van der Waals surface area contributed by atoms with Crippen LogP contribution < -0.4 is 0 Å². The van der Waals surface area contributed by atoms with Gasteiger partial charge < -0.3 is 43.0 Å². The number of carbonyl (C=O) groups excluding carboxylic acids is 7. The van der Waals surface area contributed by atoms with Crippen molar-refractivity contribution in [1.29, 1.82) is 0 Å². The molecule has 0 radical (unpaired) electrons. The van der Waals surface area contributed by atoms with E-state index in [1.54, 1.807) is 27.7 Å². The number of cyclic esters (lactones) is 1. The number of esters is 7. The molecule has 2 aliphatic heterocycles. The van der Waals surface area contributed by atoms with Gasteiger partial charge in [0.1, 0.15) is 42.7 Å². The van der Waals surface area contributed by atoms with Crippen LogP contribution in [-0.4, -0.2) is 128 Å². The fraction of sp³-hybridized carbons (Fsp3) is 0.919. The molecule has 106 heavy (non-hydrogen) atoms. The van der Waals surface area contributed by atoms with E-state index in [0.717, 1.165) is 82.5 Å². The lowest BCUT2D eigenvalue weighted by molar-refractivity contribution is -0.231. The summed E-state index contributed by atoms with van der Waals surface area (Å²) in [7, 11) is -3.49. The summed E-state index contributed by atoms with van der Waals surface area (Å²) in [6, 6.07) is 0. The molecule has 11 saturated carbocycles. The Kier molecular flexibility index (Phi) is 43.7. The Bertz CT molecular complexity index is 2790. The number of carbonyl (C=O) groups is 7. The molecule has 13 aliphatic rings. The van der Waals surface area contributed by atoms with Crippen LogP contribution in [0.2, 0.25) is 0 Å². The van der Waals surface area contributed by atoms with Crippen molar-refractivity contribution in [2.45, 2.75) is 405 Å². The van der Waals surface area contributed by atoms with E-state index in [9.17, 15) is 47.1 Å². The van der Waals surface area contributed by atoms with Gasteiger partial charge in [-0.25, -0.2) is 9.59 Å². The molecule has 2 saturated heterocycles. The van der Waals surface area contributed by atoms with Gasteiger partial charge in [-0.3, -0.25) is 28.2 Å². The number of fused-ring (bicyclic) bond motifs is 1. The molecule has 0 aromatic rings. The quantitative estimate of drug-likeness (QED) is 0.0457. The second-order valence-corrected chi connectivity index (χ2v) is 36.4. The van der Waals surface area contributed by atoms with Gasteiger partial charge in [0.25, 0.3) is 10.1 Å². The van der Waals surface area contributed by atoms with E-state index in [4.69, 9.17) is 42.1 Å². The van der Waals surface area contributed by atoms with Crippen molar-refractivity contribution in [3.63, 3.8) is 0 Å². The molecule has 0 spiro atoms. The number of rotatable bonds is 22. The van der Waals surface area contributed by atoms with Crippen LogP contribution in [0.15, 0.2) is 0 Å². The second-order valence-electron chi connectivity index (χ2n) is 34.6. The predicted octanol–water partition coefficient (Wildman–Crippen LogP) is 20.6. The molecule has 13 fully saturated rings. The summed E-state index contributed by atoms with van der Waals surface area (Å²) in [6.07, 6.45) is 23.1. The predicted molar refractivity (Wildman–Crippen MR) is 430 cm³/mol. The molecule has 2 heterocycles. The molecule has 13 rings (SSSR count). The van der Waals surface area contributed by atoms with Gasteiger partial charge in [0.2, 0.25) is 6.10 Å². The van der Waals surface area contributed by atoms with E-state index in [2.05, 4.69) is 27.7 Å². The van der Waals surface area contributed by atoms with Gasteiger partial charge in [-0.2, -0.15) is 8.42 Å². The lowest BCUT2D eigenvalue weighted by atomic mass is 9.47. The molecule has 8 unspecified atom stereocenters. The van der Waals surface area contributed by atoms with Crippen LogP contribution in [0.5, 0.6) is 0 Å². The first-order chi connectivity index (χ1) is 44.6. The van der Waals surface area contributed by atoms with E-state index in [0.29, 0.717) is 68.3 Å². The summed E-state index contributed by atoms with van der Waals surface area (Å²) >= 11 is 0. The molecular formula is C86H166O19S. The molecule has 0 aromatic carbocycles. The number of ether oxygens (including phenoxy) is 8. The Morgan fingerprint density at radius 3 is 1.41 bits per heavy atom.